The molecule has 1 amide bonds. The minimum Gasteiger partial charge on any atom is -0.495 e. The van der Waals surface area contributed by atoms with Gasteiger partial charge in [0.15, 0.2) is 0 Å². The molecule has 1 aromatic rings. The molecule has 0 aromatic heterocycles. The molecule has 1 atom stereocenters. The van der Waals surface area contributed by atoms with Gasteiger partial charge >= 0.3 is 0 Å². The Hall–Kier alpha value is -1.30. The maximum absolute atomic E-state index is 12.8. The molecule has 0 radical (unpaired) electrons. The first kappa shape index (κ1) is 19.5. The van der Waals surface area contributed by atoms with Crippen LogP contribution in [0, 0.1) is 5.92 Å². The lowest BCUT2D eigenvalue weighted by molar-refractivity contribution is 0.0500. The van der Waals surface area contributed by atoms with Crippen molar-refractivity contribution in [3.05, 3.63) is 28.8 Å². The van der Waals surface area contributed by atoms with Crippen LogP contribution in [0.3, 0.4) is 0 Å². The molecular formula is C20H30ClN3O2. The number of halogens is 1. The van der Waals surface area contributed by atoms with E-state index in [-0.39, 0.29) is 5.91 Å². The van der Waals surface area contributed by atoms with E-state index in [1.165, 1.54) is 0 Å². The molecule has 0 unspecified atom stereocenters. The zero-order valence-corrected chi connectivity index (χ0v) is 16.8. The highest BCUT2D eigenvalue weighted by molar-refractivity contribution is 6.32. The summed E-state index contributed by atoms with van der Waals surface area (Å²) < 4.78 is 5.17. The Morgan fingerprint density at radius 3 is 2.38 bits per heavy atom. The Balaban J connectivity index is 1.54. The number of benzene rings is 1. The largest absolute Gasteiger partial charge is 0.495 e. The van der Waals surface area contributed by atoms with Crippen molar-refractivity contribution in [3.63, 3.8) is 0 Å². The van der Waals surface area contributed by atoms with Crippen molar-refractivity contribution in [1.82, 2.24) is 14.7 Å². The second kappa shape index (κ2) is 8.59. The lowest BCUT2D eigenvalue weighted by Gasteiger charge is -2.42. The molecule has 0 bridgehead atoms. The van der Waals surface area contributed by atoms with Crippen molar-refractivity contribution in [2.75, 3.05) is 53.4 Å². The fourth-order valence-corrected chi connectivity index (χ4v) is 4.35. The van der Waals surface area contributed by atoms with Gasteiger partial charge in [0.25, 0.3) is 5.91 Å². The van der Waals surface area contributed by atoms with Crippen LogP contribution < -0.4 is 4.74 Å². The van der Waals surface area contributed by atoms with E-state index in [0.29, 0.717) is 28.3 Å². The SMILES string of the molecule is COc1ccc(C(=O)N2CCC([C@H](C)N3CCN(C)CC3)CC2)cc1Cl. The highest BCUT2D eigenvalue weighted by Crippen LogP contribution is 2.28. The fraction of sp³-hybridized carbons (Fsp3) is 0.650. The van der Waals surface area contributed by atoms with Crippen molar-refractivity contribution in [1.29, 1.82) is 0 Å². The third-order valence-electron chi connectivity index (χ3n) is 6.02. The van der Waals surface area contributed by atoms with Crippen LogP contribution in [0.2, 0.25) is 5.02 Å². The molecule has 26 heavy (non-hydrogen) atoms. The number of ether oxygens (including phenoxy) is 1. The van der Waals surface area contributed by atoms with Crippen LogP contribution in [0.25, 0.3) is 0 Å². The van der Waals surface area contributed by atoms with Gasteiger partial charge in [0.1, 0.15) is 5.75 Å². The number of likely N-dealkylation sites (tertiary alicyclic amines) is 1. The van der Waals surface area contributed by atoms with Crippen molar-refractivity contribution >= 4 is 17.5 Å². The summed E-state index contributed by atoms with van der Waals surface area (Å²) >= 11 is 6.17. The Kier molecular flexibility index (Phi) is 6.43. The molecule has 2 fully saturated rings. The van der Waals surface area contributed by atoms with Crippen LogP contribution in [-0.2, 0) is 0 Å². The van der Waals surface area contributed by atoms with Gasteiger partial charge in [0.2, 0.25) is 0 Å². The van der Waals surface area contributed by atoms with Gasteiger partial charge in [-0.3, -0.25) is 9.69 Å². The van der Waals surface area contributed by atoms with Gasteiger partial charge in [-0.15, -0.1) is 0 Å². The van der Waals surface area contributed by atoms with Gasteiger partial charge < -0.3 is 14.5 Å². The van der Waals surface area contributed by atoms with Gasteiger partial charge in [-0.1, -0.05) is 11.6 Å². The van der Waals surface area contributed by atoms with E-state index in [9.17, 15) is 4.79 Å². The monoisotopic (exact) mass is 379 g/mol. The van der Waals surface area contributed by atoms with E-state index in [1.807, 2.05) is 4.90 Å². The highest BCUT2D eigenvalue weighted by atomic mass is 35.5. The second-order valence-corrected chi connectivity index (χ2v) is 7.97. The van der Waals surface area contributed by atoms with Crippen LogP contribution in [0.1, 0.15) is 30.1 Å². The highest BCUT2D eigenvalue weighted by Gasteiger charge is 2.30. The summed E-state index contributed by atoms with van der Waals surface area (Å²) in [7, 11) is 3.77. The second-order valence-electron chi connectivity index (χ2n) is 7.56. The molecule has 2 aliphatic heterocycles. The molecule has 2 aliphatic rings. The Morgan fingerprint density at radius 2 is 1.81 bits per heavy atom. The lowest BCUT2D eigenvalue weighted by Crippen LogP contribution is -2.52. The number of carbonyl (C=O) groups is 1. The van der Waals surface area contributed by atoms with E-state index in [4.69, 9.17) is 16.3 Å². The third-order valence-corrected chi connectivity index (χ3v) is 6.32. The number of carbonyl (C=O) groups excluding carboxylic acids is 1. The molecule has 144 valence electrons. The number of methoxy groups -OCH3 is 1. The molecule has 0 spiro atoms. The summed E-state index contributed by atoms with van der Waals surface area (Å²) in [6.45, 7) is 8.62. The molecule has 1 aromatic carbocycles. The Morgan fingerprint density at radius 1 is 1.15 bits per heavy atom. The number of likely N-dealkylation sites (N-methyl/N-ethyl adjacent to an activating group) is 1. The average molecular weight is 380 g/mol. The van der Waals surface area contributed by atoms with Gasteiger partial charge in [-0.05, 0) is 50.9 Å². The number of hydrogen-bond acceptors (Lipinski definition) is 4. The lowest BCUT2D eigenvalue weighted by atomic mass is 9.88. The molecule has 0 saturated carbocycles. The minimum atomic E-state index is 0.0697. The van der Waals surface area contributed by atoms with Crippen LogP contribution in [0.5, 0.6) is 5.75 Å². The zero-order chi connectivity index (χ0) is 18.7. The van der Waals surface area contributed by atoms with E-state index >= 15 is 0 Å². The normalized spacial score (nSPS) is 21.6. The molecular weight excluding hydrogens is 350 g/mol. The van der Waals surface area contributed by atoms with Gasteiger partial charge in [-0.25, -0.2) is 0 Å². The van der Waals surface area contributed by atoms with Gasteiger partial charge in [-0.2, -0.15) is 0 Å². The van der Waals surface area contributed by atoms with Crippen molar-refractivity contribution in [2.45, 2.75) is 25.8 Å². The Labute approximate surface area is 161 Å². The first-order valence-corrected chi connectivity index (χ1v) is 9.93. The predicted molar refractivity (Wildman–Crippen MR) is 105 cm³/mol. The van der Waals surface area contributed by atoms with Crippen molar-refractivity contribution in [2.24, 2.45) is 5.92 Å². The number of rotatable bonds is 4. The Bertz CT molecular complexity index is 623. The quantitative estimate of drug-likeness (QED) is 0.806. The summed E-state index contributed by atoms with van der Waals surface area (Å²) in [4.78, 5) is 19.7. The van der Waals surface area contributed by atoms with Gasteiger partial charge in [0, 0.05) is 50.9 Å². The standard InChI is InChI=1S/C20H30ClN3O2/c1-15(23-12-10-22(2)11-13-23)16-6-8-24(9-7-16)20(25)17-4-5-19(26-3)18(21)14-17/h4-5,14-16H,6-13H2,1-3H3/t15-/m0/s1. The van der Waals surface area contributed by atoms with E-state index in [0.717, 1.165) is 52.1 Å². The van der Waals surface area contributed by atoms with E-state index in [2.05, 4.69) is 23.8 Å². The summed E-state index contributed by atoms with van der Waals surface area (Å²) in [5, 5.41) is 0.483. The molecule has 0 aliphatic carbocycles. The topological polar surface area (TPSA) is 36.0 Å². The zero-order valence-electron chi connectivity index (χ0n) is 16.1. The maximum atomic E-state index is 12.8. The molecule has 3 rings (SSSR count). The third kappa shape index (κ3) is 4.33. The van der Waals surface area contributed by atoms with Gasteiger partial charge in [0.05, 0.1) is 12.1 Å². The summed E-state index contributed by atoms with van der Waals surface area (Å²) in [6, 6.07) is 5.86. The number of piperazine rings is 1. The van der Waals surface area contributed by atoms with Crippen LogP contribution >= 0.6 is 11.6 Å². The molecule has 0 N–H and O–H groups in total. The maximum Gasteiger partial charge on any atom is 0.253 e. The van der Waals surface area contributed by atoms with Crippen molar-refractivity contribution in [3.8, 4) is 5.75 Å². The van der Waals surface area contributed by atoms with Crippen LogP contribution in [-0.4, -0.2) is 80.1 Å². The molecule has 6 heteroatoms. The summed E-state index contributed by atoms with van der Waals surface area (Å²) in [6.07, 6.45) is 2.15. The van der Waals surface area contributed by atoms with Crippen molar-refractivity contribution < 1.29 is 9.53 Å². The molecule has 2 heterocycles. The summed E-state index contributed by atoms with van der Waals surface area (Å²) in [5.74, 6) is 1.34. The van der Waals surface area contributed by atoms with E-state index in [1.54, 1.807) is 25.3 Å². The van der Waals surface area contributed by atoms with Crippen LogP contribution in [0.15, 0.2) is 18.2 Å². The average Bonchev–Trinajstić information content (AvgIpc) is 2.67. The number of piperidine rings is 1. The first-order valence-electron chi connectivity index (χ1n) is 9.55. The minimum absolute atomic E-state index is 0.0697. The molecule has 5 nitrogen and oxygen atoms in total. The number of amides is 1. The predicted octanol–water partition coefficient (Wildman–Crippen LogP) is 2.84. The first-order chi connectivity index (χ1) is 12.5. The van der Waals surface area contributed by atoms with E-state index < -0.39 is 0 Å². The number of nitrogens with zero attached hydrogens (tertiary/aromatic N) is 3. The summed E-state index contributed by atoms with van der Waals surface area (Å²) in [5.41, 5.74) is 0.640. The smallest absolute Gasteiger partial charge is 0.253 e. The molecule has 2 saturated heterocycles. The fourth-order valence-electron chi connectivity index (χ4n) is 4.09. The van der Waals surface area contributed by atoms with Crippen LogP contribution in [0.4, 0.5) is 0 Å². The number of hydrogen-bond donors (Lipinski definition) is 0.